The van der Waals surface area contributed by atoms with Crippen LogP contribution in [-0.2, 0) is 11.1 Å². The zero-order chi connectivity index (χ0) is 10.0. The molecule has 1 aromatic carbocycles. The standard InChI is InChI=1S/C6H5NO5S/c8-6-2-1-4(13(11)12)3-5(6)7(9)10/h1-3,8H,(H,11,12)/p-1. The van der Waals surface area contributed by atoms with Gasteiger partial charge in [0.25, 0.3) is 0 Å². The molecule has 0 saturated carbocycles. The van der Waals surface area contributed by atoms with E-state index in [4.69, 9.17) is 5.11 Å². The van der Waals surface area contributed by atoms with E-state index in [9.17, 15) is 18.9 Å². The average molecular weight is 202 g/mol. The number of aromatic hydroxyl groups is 1. The van der Waals surface area contributed by atoms with Gasteiger partial charge in [-0.3, -0.25) is 14.3 Å². The van der Waals surface area contributed by atoms with Crippen molar-refractivity contribution >= 4 is 16.8 Å². The van der Waals surface area contributed by atoms with Crippen molar-refractivity contribution in [3.05, 3.63) is 28.3 Å². The third kappa shape index (κ3) is 2.01. The Labute approximate surface area is 75.3 Å². The maximum atomic E-state index is 10.4. The van der Waals surface area contributed by atoms with Crippen molar-refractivity contribution in [1.29, 1.82) is 0 Å². The van der Waals surface area contributed by atoms with Crippen LogP contribution < -0.4 is 0 Å². The first-order valence-electron chi connectivity index (χ1n) is 3.09. The van der Waals surface area contributed by atoms with Gasteiger partial charge in [0.2, 0.25) is 0 Å². The maximum Gasteiger partial charge on any atom is 0.311 e. The molecule has 0 aliphatic carbocycles. The maximum absolute atomic E-state index is 10.4. The van der Waals surface area contributed by atoms with Crippen molar-refractivity contribution in [2.24, 2.45) is 0 Å². The zero-order valence-corrected chi connectivity index (χ0v) is 6.98. The summed E-state index contributed by atoms with van der Waals surface area (Å²) in [6.07, 6.45) is 0. The van der Waals surface area contributed by atoms with Gasteiger partial charge in [0.1, 0.15) is 0 Å². The van der Waals surface area contributed by atoms with Crippen LogP contribution in [-0.4, -0.2) is 18.8 Å². The smallest absolute Gasteiger partial charge is 0.311 e. The number of rotatable bonds is 2. The molecule has 1 rings (SSSR count). The Morgan fingerprint density at radius 3 is 2.54 bits per heavy atom. The third-order valence-electron chi connectivity index (χ3n) is 1.34. The van der Waals surface area contributed by atoms with E-state index in [-0.39, 0.29) is 4.90 Å². The quantitative estimate of drug-likeness (QED) is 0.428. The second kappa shape index (κ2) is 3.50. The van der Waals surface area contributed by atoms with Crippen LogP contribution in [0, 0.1) is 10.1 Å². The fraction of sp³-hybridized carbons (Fsp3) is 0. The summed E-state index contributed by atoms with van der Waals surface area (Å²) in [5.41, 5.74) is -0.623. The minimum Gasteiger partial charge on any atom is -0.768 e. The predicted molar refractivity (Wildman–Crippen MR) is 41.9 cm³/mol. The van der Waals surface area contributed by atoms with Crippen molar-refractivity contribution in [2.75, 3.05) is 0 Å². The van der Waals surface area contributed by atoms with Crippen molar-refractivity contribution < 1.29 is 18.8 Å². The normalized spacial score (nSPS) is 12.4. The highest BCUT2D eigenvalue weighted by Gasteiger charge is 2.13. The van der Waals surface area contributed by atoms with Crippen LogP contribution >= 0.6 is 0 Å². The number of hydrogen-bond acceptors (Lipinski definition) is 5. The van der Waals surface area contributed by atoms with E-state index in [2.05, 4.69) is 0 Å². The highest BCUT2D eigenvalue weighted by Crippen LogP contribution is 2.27. The Bertz CT molecular complexity index is 377. The molecule has 1 unspecified atom stereocenters. The van der Waals surface area contributed by atoms with Crippen LogP contribution in [0.2, 0.25) is 0 Å². The summed E-state index contributed by atoms with van der Waals surface area (Å²) < 4.78 is 20.8. The predicted octanol–water partition coefficient (Wildman–Crippen LogP) is 0.538. The molecule has 1 aromatic rings. The first kappa shape index (κ1) is 9.62. The van der Waals surface area contributed by atoms with Crippen LogP contribution in [0.3, 0.4) is 0 Å². The molecule has 0 radical (unpaired) electrons. The number of nitro groups is 1. The summed E-state index contributed by atoms with van der Waals surface area (Å²) in [7, 11) is 0. The lowest BCUT2D eigenvalue weighted by atomic mass is 10.3. The molecule has 0 aromatic heterocycles. The van der Waals surface area contributed by atoms with Gasteiger partial charge in [-0.15, -0.1) is 0 Å². The third-order valence-corrected chi connectivity index (χ3v) is 1.97. The monoisotopic (exact) mass is 202 g/mol. The number of nitrogens with zero attached hydrogens (tertiary/aromatic N) is 1. The number of benzene rings is 1. The lowest BCUT2D eigenvalue weighted by Crippen LogP contribution is -1.93. The van der Waals surface area contributed by atoms with Crippen molar-refractivity contribution in [1.82, 2.24) is 0 Å². The summed E-state index contributed by atoms with van der Waals surface area (Å²) in [6.45, 7) is 0. The molecular weight excluding hydrogens is 198 g/mol. The van der Waals surface area contributed by atoms with Gasteiger partial charge in [-0.05, 0) is 23.2 Å². The molecule has 0 spiro atoms. The van der Waals surface area contributed by atoms with Gasteiger partial charge in [0, 0.05) is 11.0 Å². The molecule has 0 saturated heterocycles. The fourth-order valence-corrected chi connectivity index (χ4v) is 1.14. The summed E-state index contributed by atoms with van der Waals surface area (Å²) in [5, 5.41) is 19.2. The van der Waals surface area contributed by atoms with Crippen LogP contribution in [0.5, 0.6) is 5.75 Å². The lowest BCUT2D eigenvalue weighted by molar-refractivity contribution is -0.386. The van der Waals surface area contributed by atoms with Crippen molar-refractivity contribution in [2.45, 2.75) is 4.90 Å². The number of nitro benzene ring substituents is 1. The molecule has 70 valence electrons. The molecule has 1 atom stereocenters. The van der Waals surface area contributed by atoms with E-state index >= 15 is 0 Å². The second-order valence-corrected chi connectivity index (χ2v) is 3.08. The Morgan fingerprint density at radius 1 is 1.46 bits per heavy atom. The molecular formula is C6H4NO5S-. The van der Waals surface area contributed by atoms with E-state index in [1.165, 1.54) is 0 Å². The highest BCUT2D eigenvalue weighted by atomic mass is 32.2. The molecule has 0 fully saturated rings. The van der Waals surface area contributed by atoms with E-state index in [1.54, 1.807) is 0 Å². The Hall–Kier alpha value is -1.47. The molecule has 0 aliphatic rings. The van der Waals surface area contributed by atoms with Gasteiger partial charge in [-0.25, -0.2) is 0 Å². The number of phenolic OH excluding ortho intramolecular Hbond substituents is 1. The summed E-state index contributed by atoms with van der Waals surface area (Å²) in [4.78, 5) is 9.15. The minimum absolute atomic E-state index is 0.232. The Morgan fingerprint density at radius 2 is 2.08 bits per heavy atom. The van der Waals surface area contributed by atoms with Crippen LogP contribution in [0.1, 0.15) is 0 Å². The van der Waals surface area contributed by atoms with Gasteiger partial charge in [-0.2, -0.15) is 0 Å². The highest BCUT2D eigenvalue weighted by molar-refractivity contribution is 7.79. The Balaban J connectivity index is 3.27. The largest absolute Gasteiger partial charge is 0.768 e. The molecule has 0 bridgehead atoms. The molecule has 7 heteroatoms. The van der Waals surface area contributed by atoms with Gasteiger partial charge in [0.15, 0.2) is 5.75 Å². The van der Waals surface area contributed by atoms with Crippen LogP contribution in [0.15, 0.2) is 23.1 Å². The Kier molecular flexibility index (Phi) is 2.59. The van der Waals surface area contributed by atoms with E-state index in [1.807, 2.05) is 0 Å². The zero-order valence-electron chi connectivity index (χ0n) is 6.17. The average Bonchev–Trinajstić information content (AvgIpc) is 2.04. The van der Waals surface area contributed by atoms with Crippen LogP contribution in [0.4, 0.5) is 5.69 Å². The van der Waals surface area contributed by atoms with Crippen molar-refractivity contribution in [3.63, 3.8) is 0 Å². The van der Waals surface area contributed by atoms with Crippen molar-refractivity contribution in [3.8, 4) is 5.75 Å². The topological polar surface area (TPSA) is 104 Å². The summed E-state index contributed by atoms with van der Waals surface area (Å²) in [5.74, 6) is -0.556. The number of phenols is 1. The molecule has 13 heavy (non-hydrogen) atoms. The molecule has 0 aliphatic heterocycles. The second-order valence-electron chi connectivity index (χ2n) is 2.14. The number of hydrogen-bond donors (Lipinski definition) is 1. The minimum atomic E-state index is -2.53. The van der Waals surface area contributed by atoms with Gasteiger partial charge in [0.05, 0.1) is 4.92 Å². The first-order valence-corrected chi connectivity index (χ1v) is 4.16. The molecule has 0 heterocycles. The van der Waals surface area contributed by atoms with E-state index in [0.717, 1.165) is 18.2 Å². The fourth-order valence-electron chi connectivity index (χ4n) is 0.753. The molecule has 0 amide bonds. The SMILES string of the molecule is O=[N+]([O-])c1cc(S(=O)[O-])ccc1O. The molecule has 1 N–H and O–H groups in total. The van der Waals surface area contributed by atoms with Gasteiger partial charge in [-0.1, -0.05) is 0 Å². The lowest BCUT2D eigenvalue weighted by Gasteiger charge is -2.04. The van der Waals surface area contributed by atoms with Gasteiger partial charge >= 0.3 is 5.69 Å². The first-order chi connectivity index (χ1) is 6.02. The summed E-state index contributed by atoms with van der Waals surface area (Å²) in [6, 6.07) is 2.83. The molecule has 6 nitrogen and oxygen atoms in total. The summed E-state index contributed by atoms with van der Waals surface area (Å²) >= 11 is -2.53. The van der Waals surface area contributed by atoms with E-state index < -0.39 is 27.4 Å². The van der Waals surface area contributed by atoms with Gasteiger partial charge < -0.3 is 9.66 Å². The van der Waals surface area contributed by atoms with E-state index in [0.29, 0.717) is 0 Å². The van der Waals surface area contributed by atoms with Crippen LogP contribution in [0.25, 0.3) is 0 Å².